The van der Waals surface area contributed by atoms with Gasteiger partial charge in [0, 0.05) is 18.1 Å². The molecule has 0 atom stereocenters. The lowest BCUT2D eigenvalue weighted by atomic mass is 10.2. The molecule has 0 saturated carbocycles. The Morgan fingerprint density at radius 1 is 1.27 bits per heavy atom. The van der Waals surface area contributed by atoms with Gasteiger partial charge in [-0.15, -0.1) is 11.3 Å². The van der Waals surface area contributed by atoms with Crippen LogP contribution in [0.25, 0.3) is 4.96 Å². The highest BCUT2D eigenvalue weighted by Gasteiger charge is 2.23. The van der Waals surface area contributed by atoms with Crippen molar-refractivity contribution < 1.29 is 8.42 Å². The van der Waals surface area contributed by atoms with Crippen LogP contribution in [-0.4, -0.2) is 17.8 Å². The minimum Gasteiger partial charge on any atom is -0.267 e. The smallest absolute Gasteiger partial charge is 0.267 e. The maximum absolute atomic E-state index is 12.5. The Labute approximate surface area is 131 Å². The van der Waals surface area contributed by atoms with Crippen molar-refractivity contribution in [1.82, 2.24) is 14.1 Å². The summed E-state index contributed by atoms with van der Waals surface area (Å²) in [5, 5.41) is 1.69. The van der Waals surface area contributed by atoms with Gasteiger partial charge in [-0.25, -0.2) is 18.1 Å². The molecule has 8 heteroatoms. The zero-order valence-electron chi connectivity index (χ0n) is 11.7. The number of thiazole rings is 1. The fraction of sp³-hybridized carbons (Fsp3) is 0.143. The van der Waals surface area contributed by atoms with Gasteiger partial charge in [0.1, 0.15) is 0 Å². The van der Waals surface area contributed by atoms with E-state index < -0.39 is 15.6 Å². The van der Waals surface area contributed by atoms with Crippen LogP contribution >= 0.6 is 11.3 Å². The van der Waals surface area contributed by atoms with E-state index in [1.54, 1.807) is 5.38 Å². The second-order valence-corrected chi connectivity index (χ2v) is 7.27. The SMILES string of the molecule is Cc1nc2sccn2c(=O)c1S(=O)(=O)NCc1ccccc1. The molecular weight excluding hydrogens is 322 g/mol. The largest absolute Gasteiger partial charge is 0.279 e. The van der Waals surface area contributed by atoms with Gasteiger partial charge in [-0.05, 0) is 12.5 Å². The molecule has 0 fully saturated rings. The Balaban J connectivity index is 2.00. The molecule has 6 nitrogen and oxygen atoms in total. The first-order valence-corrected chi connectivity index (χ1v) is 8.85. The lowest BCUT2D eigenvalue weighted by Crippen LogP contribution is -2.32. The fourth-order valence-corrected chi connectivity index (χ4v) is 4.14. The quantitative estimate of drug-likeness (QED) is 0.784. The summed E-state index contributed by atoms with van der Waals surface area (Å²) in [7, 11) is -3.93. The highest BCUT2D eigenvalue weighted by Crippen LogP contribution is 2.13. The summed E-state index contributed by atoms with van der Waals surface area (Å²) in [6.07, 6.45) is 1.52. The summed E-state index contributed by atoms with van der Waals surface area (Å²) in [6, 6.07) is 9.11. The van der Waals surface area contributed by atoms with Crippen molar-refractivity contribution in [2.24, 2.45) is 0 Å². The van der Waals surface area contributed by atoms with Crippen LogP contribution in [0, 0.1) is 6.92 Å². The zero-order chi connectivity index (χ0) is 15.7. The molecule has 114 valence electrons. The second-order valence-electron chi connectivity index (χ2n) is 4.70. The van der Waals surface area contributed by atoms with E-state index >= 15 is 0 Å². The van der Waals surface area contributed by atoms with Gasteiger partial charge < -0.3 is 0 Å². The van der Waals surface area contributed by atoms with Crippen molar-refractivity contribution in [3.8, 4) is 0 Å². The number of sulfonamides is 1. The number of aromatic nitrogens is 2. The van der Waals surface area contributed by atoms with Crippen LogP contribution in [0.15, 0.2) is 51.6 Å². The molecule has 0 aliphatic carbocycles. The van der Waals surface area contributed by atoms with E-state index in [0.717, 1.165) is 5.56 Å². The van der Waals surface area contributed by atoms with Crippen LogP contribution in [0.2, 0.25) is 0 Å². The number of aryl methyl sites for hydroxylation is 1. The van der Waals surface area contributed by atoms with Crippen molar-refractivity contribution in [3.63, 3.8) is 0 Å². The molecule has 2 heterocycles. The summed E-state index contributed by atoms with van der Waals surface area (Å²) in [5.74, 6) is 0. The molecule has 0 amide bonds. The van der Waals surface area contributed by atoms with Crippen LogP contribution in [0.4, 0.5) is 0 Å². The maximum atomic E-state index is 12.5. The van der Waals surface area contributed by atoms with Gasteiger partial charge in [0.25, 0.3) is 5.56 Å². The Kier molecular flexibility index (Phi) is 3.81. The molecule has 0 bridgehead atoms. The second kappa shape index (κ2) is 5.64. The number of benzene rings is 1. The predicted octanol–water partition coefficient (Wildman–Crippen LogP) is 1.54. The minimum absolute atomic E-state index is 0.119. The minimum atomic E-state index is -3.93. The lowest BCUT2D eigenvalue weighted by molar-refractivity contribution is 0.578. The van der Waals surface area contributed by atoms with E-state index in [1.807, 2.05) is 30.3 Å². The van der Waals surface area contributed by atoms with Crippen LogP contribution in [0.5, 0.6) is 0 Å². The molecule has 0 unspecified atom stereocenters. The van der Waals surface area contributed by atoms with Crippen molar-refractivity contribution in [1.29, 1.82) is 0 Å². The Hall–Kier alpha value is -2.03. The zero-order valence-corrected chi connectivity index (χ0v) is 13.3. The van der Waals surface area contributed by atoms with Gasteiger partial charge in [-0.1, -0.05) is 30.3 Å². The Morgan fingerprint density at radius 3 is 2.73 bits per heavy atom. The third-order valence-corrected chi connectivity index (χ3v) is 5.46. The maximum Gasteiger partial charge on any atom is 0.279 e. The molecule has 3 rings (SSSR count). The molecule has 0 aliphatic heterocycles. The van der Waals surface area contributed by atoms with Crippen LogP contribution in [0.1, 0.15) is 11.3 Å². The molecule has 2 aromatic heterocycles. The van der Waals surface area contributed by atoms with Crippen molar-refractivity contribution in [3.05, 3.63) is 63.5 Å². The van der Waals surface area contributed by atoms with Gasteiger partial charge in [0.2, 0.25) is 10.0 Å². The number of rotatable bonds is 4. The summed E-state index contributed by atoms with van der Waals surface area (Å²) in [4.78, 5) is 16.7. The summed E-state index contributed by atoms with van der Waals surface area (Å²) >= 11 is 1.28. The third kappa shape index (κ3) is 2.68. The first kappa shape index (κ1) is 14.9. The first-order valence-electron chi connectivity index (χ1n) is 6.49. The molecule has 0 spiro atoms. The average Bonchev–Trinajstić information content (AvgIpc) is 2.94. The Morgan fingerprint density at radius 2 is 2.00 bits per heavy atom. The number of fused-ring (bicyclic) bond motifs is 1. The van der Waals surface area contributed by atoms with Gasteiger partial charge in [-0.3, -0.25) is 9.20 Å². The van der Waals surface area contributed by atoms with E-state index in [0.29, 0.717) is 4.96 Å². The van der Waals surface area contributed by atoms with Gasteiger partial charge >= 0.3 is 0 Å². The number of nitrogens with one attached hydrogen (secondary N) is 1. The summed E-state index contributed by atoms with van der Waals surface area (Å²) in [6.45, 7) is 1.65. The molecule has 22 heavy (non-hydrogen) atoms. The standard InChI is InChI=1S/C14H13N3O3S2/c1-10-12(13(18)17-7-8-21-14(17)16-10)22(19,20)15-9-11-5-3-2-4-6-11/h2-8,15H,9H2,1H3. The molecule has 0 radical (unpaired) electrons. The highest BCUT2D eigenvalue weighted by molar-refractivity contribution is 7.89. The normalized spacial score (nSPS) is 11.9. The Bertz CT molecular complexity index is 975. The lowest BCUT2D eigenvalue weighted by Gasteiger charge is -2.08. The van der Waals surface area contributed by atoms with Crippen LogP contribution in [-0.2, 0) is 16.6 Å². The van der Waals surface area contributed by atoms with E-state index in [2.05, 4.69) is 9.71 Å². The predicted molar refractivity (Wildman–Crippen MR) is 84.5 cm³/mol. The van der Waals surface area contributed by atoms with E-state index in [9.17, 15) is 13.2 Å². The molecule has 0 saturated heterocycles. The van der Waals surface area contributed by atoms with Crippen molar-refractivity contribution in [2.75, 3.05) is 0 Å². The summed E-state index contributed by atoms with van der Waals surface area (Å²) < 4.78 is 28.6. The molecule has 1 aromatic carbocycles. The summed E-state index contributed by atoms with van der Waals surface area (Å²) in [5.41, 5.74) is 0.436. The number of hydrogen-bond acceptors (Lipinski definition) is 5. The number of nitrogens with zero attached hydrogens (tertiary/aromatic N) is 2. The number of hydrogen-bond donors (Lipinski definition) is 1. The third-order valence-electron chi connectivity index (χ3n) is 3.17. The van der Waals surface area contributed by atoms with E-state index in [1.165, 1.54) is 28.9 Å². The van der Waals surface area contributed by atoms with Crippen LogP contribution in [0.3, 0.4) is 0 Å². The molecule has 1 N–H and O–H groups in total. The van der Waals surface area contributed by atoms with Crippen molar-refractivity contribution in [2.45, 2.75) is 18.4 Å². The highest BCUT2D eigenvalue weighted by atomic mass is 32.2. The molecule has 3 aromatic rings. The molecular formula is C14H13N3O3S2. The van der Waals surface area contributed by atoms with Crippen LogP contribution < -0.4 is 10.3 Å². The topological polar surface area (TPSA) is 80.5 Å². The molecule has 0 aliphatic rings. The van der Waals surface area contributed by atoms with Gasteiger partial charge in [0.05, 0.1) is 5.69 Å². The van der Waals surface area contributed by atoms with Gasteiger partial charge in [-0.2, -0.15) is 0 Å². The van der Waals surface area contributed by atoms with Gasteiger partial charge in [0.15, 0.2) is 9.86 Å². The fourth-order valence-electron chi connectivity index (χ4n) is 2.12. The van der Waals surface area contributed by atoms with E-state index in [-0.39, 0.29) is 17.1 Å². The average molecular weight is 335 g/mol. The van der Waals surface area contributed by atoms with E-state index in [4.69, 9.17) is 0 Å². The first-order chi connectivity index (χ1) is 10.5. The monoisotopic (exact) mass is 335 g/mol. The van der Waals surface area contributed by atoms with Crippen molar-refractivity contribution >= 4 is 26.3 Å².